The highest BCUT2D eigenvalue weighted by Gasteiger charge is 2.27. The first kappa shape index (κ1) is 14.1. The molecule has 1 N–H and O–H groups in total. The van der Waals surface area contributed by atoms with E-state index in [0.29, 0.717) is 22.5 Å². The number of fused-ring (bicyclic) bond motifs is 3. The Morgan fingerprint density at radius 2 is 2.09 bits per heavy atom. The molecular formula is C16H14N4O2S. The molecule has 0 unspecified atom stereocenters. The molecule has 3 aromatic rings. The highest BCUT2D eigenvalue weighted by molar-refractivity contribution is 7.99. The maximum Gasteiger partial charge on any atom is 0.247 e. The zero-order valence-corrected chi connectivity index (χ0v) is 13.2. The summed E-state index contributed by atoms with van der Waals surface area (Å²) in [5.74, 6) is 2.00. The van der Waals surface area contributed by atoms with Crippen molar-refractivity contribution < 1.29 is 9.15 Å². The van der Waals surface area contributed by atoms with Gasteiger partial charge in [-0.05, 0) is 24.0 Å². The number of furan rings is 1. The first-order valence-electron chi connectivity index (χ1n) is 7.28. The molecule has 1 aliphatic heterocycles. The van der Waals surface area contributed by atoms with Gasteiger partial charge in [-0.25, -0.2) is 0 Å². The second kappa shape index (κ2) is 5.92. The number of benzene rings is 1. The molecule has 0 amide bonds. The predicted molar refractivity (Wildman–Crippen MR) is 87.4 cm³/mol. The van der Waals surface area contributed by atoms with E-state index in [1.54, 1.807) is 6.26 Å². The maximum absolute atomic E-state index is 6.04. The van der Waals surface area contributed by atoms with Crippen molar-refractivity contribution in [2.75, 3.05) is 11.1 Å². The lowest BCUT2D eigenvalue weighted by Crippen LogP contribution is -2.16. The number of nitrogens with one attached hydrogen (secondary N) is 1. The Morgan fingerprint density at radius 3 is 2.91 bits per heavy atom. The van der Waals surface area contributed by atoms with Gasteiger partial charge in [-0.2, -0.15) is 4.98 Å². The van der Waals surface area contributed by atoms with Crippen LogP contribution in [0.5, 0.6) is 5.88 Å². The third kappa shape index (κ3) is 2.63. The largest absolute Gasteiger partial charge is 0.463 e. The van der Waals surface area contributed by atoms with Gasteiger partial charge in [0.15, 0.2) is 11.5 Å². The van der Waals surface area contributed by atoms with Gasteiger partial charge in [0.1, 0.15) is 0 Å². The lowest BCUT2D eigenvalue weighted by atomic mass is 10.1. The molecule has 6 nitrogen and oxygen atoms in total. The van der Waals surface area contributed by atoms with Crippen LogP contribution in [-0.4, -0.2) is 20.9 Å². The van der Waals surface area contributed by atoms with E-state index < -0.39 is 6.23 Å². The van der Waals surface area contributed by atoms with Gasteiger partial charge in [-0.1, -0.05) is 36.9 Å². The summed E-state index contributed by atoms with van der Waals surface area (Å²) >= 11 is 1.53. The second-order valence-electron chi connectivity index (χ2n) is 4.88. The molecule has 7 heteroatoms. The van der Waals surface area contributed by atoms with Crippen molar-refractivity contribution in [1.29, 1.82) is 0 Å². The Morgan fingerprint density at radius 1 is 1.17 bits per heavy atom. The van der Waals surface area contributed by atoms with E-state index in [9.17, 15) is 0 Å². The molecule has 0 radical (unpaired) electrons. The lowest BCUT2D eigenvalue weighted by Gasteiger charge is -2.16. The number of aromatic nitrogens is 3. The van der Waals surface area contributed by atoms with Crippen LogP contribution in [-0.2, 0) is 0 Å². The van der Waals surface area contributed by atoms with Crippen molar-refractivity contribution >= 4 is 17.4 Å². The van der Waals surface area contributed by atoms with Crippen LogP contribution in [0.25, 0.3) is 11.3 Å². The molecule has 116 valence electrons. The topological polar surface area (TPSA) is 73.1 Å². The molecule has 1 aliphatic rings. The predicted octanol–water partition coefficient (Wildman–Crippen LogP) is 3.75. The van der Waals surface area contributed by atoms with Crippen molar-refractivity contribution in [3.63, 3.8) is 0 Å². The van der Waals surface area contributed by atoms with Crippen LogP contribution < -0.4 is 10.1 Å². The Balaban J connectivity index is 1.84. The minimum Gasteiger partial charge on any atom is -0.463 e. The zero-order chi connectivity index (χ0) is 15.6. The molecule has 1 atom stereocenters. The molecular weight excluding hydrogens is 312 g/mol. The molecule has 3 heterocycles. The first-order valence-corrected chi connectivity index (χ1v) is 8.27. The molecule has 0 saturated carbocycles. The molecule has 0 fully saturated rings. The molecule has 2 aromatic heterocycles. The van der Waals surface area contributed by atoms with E-state index in [1.807, 2.05) is 43.3 Å². The van der Waals surface area contributed by atoms with Crippen molar-refractivity contribution in [2.45, 2.75) is 18.3 Å². The molecule has 0 bridgehead atoms. The van der Waals surface area contributed by atoms with Gasteiger partial charge >= 0.3 is 0 Å². The number of anilines is 1. The Bertz CT molecular complexity index is 823. The molecule has 0 spiro atoms. The number of thioether (sulfide) groups is 1. The van der Waals surface area contributed by atoms with Gasteiger partial charge < -0.3 is 14.5 Å². The summed E-state index contributed by atoms with van der Waals surface area (Å²) in [6, 6.07) is 11.5. The van der Waals surface area contributed by atoms with E-state index >= 15 is 0 Å². The number of rotatable bonds is 3. The summed E-state index contributed by atoms with van der Waals surface area (Å²) in [4.78, 5) is 4.51. The number of ether oxygens (including phenoxy) is 1. The summed E-state index contributed by atoms with van der Waals surface area (Å²) < 4.78 is 11.5. The number of nitrogens with zero attached hydrogens (tertiary/aromatic N) is 3. The van der Waals surface area contributed by atoms with E-state index in [2.05, 4.69) is 20.5 Å². The normalized spacial score (nSPS) is 15.8. The van der Waals surface area contributed by atoms with Gasteiger partial charge in [0.05, 0.1) is 6.26 Å². The van der Waals surface area contributed by atoms with Crippen LogP contribution in [0.4, 0.5) is 5.69 Å². The highest BCUT2D eigenvalue weighted by atomic mass is 32.2. The highest BCUT2D eigenvalue weighted by Crippen LogP contribution is 2.39. The Labute approximate surface area is 137 Å². The van der Waals surface area contributed by atoms with Crippen molar-refractivity contribution in [2.24, 2.45) is 0 Å². The molecule has 0 saturated heterocycles. The third-order valence-electron chi connectivity index (χ3n) is 3.41. The summed E-state index contributed by atoms with van der Waals surface area (Å²) in [7, 11) is 0. The van der Waals surface area contributed by atoms with Gasteiger partial charge in [-0.15, -0.1) is 10.2 Å². The van der Waals surface area contributed by atoms with Gasteiger partial charge in [0.2, 0.25) is 17.3 Å². The minimum atomic E-state index is -0.469. The van der Waals surface area contributed by atoms with E-state index in [4.69, 9.17) is 9.15 Å². The van der Waals surface area contributed by atoms with Crippen LogP contribution in [0.2, 0.25) is 0 Å². The SMILES string of the molecule is CCSc1nnc2c(n1)O[C@H](c1ccco1)Nc1ccccc1-2. The van der Waals surface area contributed by atoms with Gasteiger partial charge in [-0.3, -0.25) is 0 Å². The smallest absolute Gasteiger partial charge is 0.247 e. The zero-order valence-electron chi connectivity index (χ0n) is 12.4. The maximum atomic E-state index is 6.04. The Kier molecular flexibility index (Phi) is 3.63. The first-order chi connectivity index (χ1) is 11.3. The van der Waals surface area contributed by atoms with E-state index in [-0.39, 0.29) is 0 Å². The number of hydrogen-bond acceptors (Lipinski definition) is 7. The van der Waals surface area contributed by atoms with Crippen molar-refractivity contribution in [1.82, 2.24) is 15.2 Å². The molecule has 4 rings (SSSR count). The van der Waals surface area contributed by atoms with Gasteiger partial charge in [0.25, 0.3) is 0 Å². The monoisotopic (exact) mass is 326 g/mol. The van der Waals surface area contributed by atoms with Crippen LogP contribution in [0.15, 0.2) is 52.2 Å². The van der Waals surface area contributed by atoms with Gasteiger partial charge in [0, 0.05) is 11.3 Å². The average molecular weight is 326 g/mol. The van der Waals surface area contributed by atoms with Crippen molar-refractivity contribution in [3.05, 3.63) is 48.4 Å². The number of hydrogen-bond donors (Lipinski definition) is 1. The second-order valence-corrected chi connectivity index (χ2v) is 6.12. The average Bonchev–Trinajstić information content (AvgIpc) is 3.05. The summed E-state index contributed by atoms with van der Waals surface area (Å²) in [5.41, 5.74) is 2.44. The quantitative estimate of drug-likeness (QED) is 0.735. The van der Waals surface area contributed by atoms with E-state index in [0.717, 1.165) is 17.0 Å². The molecule has 0 aliphatic carbocycles. The minimum absolute atomic E-state index is 0.454. The van der Waals surface area contributed by atoms with Crippen LogP contribution in [0.3, 0.4) is 0 Å². The summed E-state index contributed by atoms with van der Waals surface area (Å²) in [5, 5.41) is 12.4. The molecule has 1 aromatic carbocycles. The fourth-order valence-electron chi connectivity index (χ4n) is 2.41. The Hall–Kier alpha value is -2.54. The van der Waals surface area contributed by atoms with Crippen molar-refractivity contribution in [3.8, 4) is 17.1 Å². The fraction of sp³-hybridized carbons (Fsp3) is 0.188. The van der Waals surface area contributed by atoms with Crippen LogP contribution in [0, 0.1) is 0 Å². The number of para-hydroxylation sites is 1. The van der Waals surface area contributed by atoms with E-state index in [1.165, 1.54) is 11.8 Å². The summed E-state index contributed by atoms with van der Waals surface area (Å²) in [6.07, 6.45) is 1.15. The third-order valence-corrected chi connectivity index (χ3v) is 4.13. The summed E-state index contributed by atoms with van der Waals surface area (Å²) in [6.45, 7) is 2.04. The van der Waals surface area contributed by atoms with Crippen LogP contribution in [0.1, 0.15) is 18.9 Å². The lowest BCUT2D eigenvalue weighted by molar-refractivity contribution is 0.195. The standard InChI is InChI=1S/C16H14N4O2S/c1-2-23-16-18-15-13(19-20-16)10-6-3-4-7-11(10)17-14(22-15)12-8-5-9-21-12/h3-9,14,17H,2H2,1H3/t14-/m1/s1. The fourth-order valence-corrected chi connectivity index (χ4v) is 2.91. The molecule has 23 heavy (non-hydrogen) atoms. The van der Waals surface area contributed by atoms with Crippen LogP contribution >= 0.6 is 11.8 Å².